The molecule has 0 N–H and O–H groups in total. The third-order valence-corrected chi connectivity index (χ3v) is 2.08. The second-order valence-electron chi connectivity index (χ2n) is 3.34. The number of rotatable bonds is 3. The minimum atomic E-state index is 1.06. The lowest BCUT2D eigenvalue weighted by Crippen LogP contribution is -1.80. The van der Waals surface area contributed by atoms with Crippen LogP contribution in [-0.4, -0.2) is 6.21 Å². The molecule has 70 valence electrons. The summed E-state index contributed by atoms with van der Waals surface area (Å²) in [5.74, 6) is 0. The van der Waals surface area contributed by atoms with Gasteiger partial charge in [-0.1, -0.05) is 31.5 Å². The predicted molar refractivity (Wildman–Crippen MR) is 59.0 cm³/mol. The lowest BCUT2D eigenvalue weighted by molar-refractivity contribution is 1.01. The third kappa shape index (κ3) is 2.69. The Morgan fingerprint density at radius 2 is 1.85 bits per heavy atom. The van der Waals surface area contributed by atoms with E-state index >= 15 is 0 Å². The zero-order valence-corrected chi connectivity index (χ0v) is 8.67. The number of hydrogen-bond donors (Lipinski definition) is 0. The molecule has 0 aliphatic carbocycles. The molecule has 0 aliphatic heterocycles. The Morgan fingerprint density at radius 3 is 2.38 bits per heavy atom. The molecule has 1 aromatic carbocycles. The summed E-state index contributed by atoms with van der Waals surface area (Å²) in [6.07, 6.45) is 4.23. The van der Waals surface area contributed by atoms with Gasteiger partial charge in [-0.05, 0) is 31.4 Å². The highest BCUT2D eigenvalue weighted by molar-refractivity contribution is 5.66. The van der Waals surface area contributed by atoms with Gasteiger partial charge in [-0.25, -0.2) is 0 Å². The fourth-order valence-electron chi connectivity index (χ4n) is 1.29. The number of para-hydroxylation sites is 1. The summed E-state index contributed by atoms with van der Waals surface area (Å²) in [6.45, 7) is 6.37. The van der Waals surface area contributed by atoms with Gasteiger partial charge in [0.1, 0.15) is 0 Å². The summed E-state index contributed by atoms with van der Waals surface area (Å²) in [7, 11) is 0. The van der Waals surface area contributed by atoms with E-state index < -0.39 is 0 Å². The van der Waals surface area contributed by atoms with Crippen molar-refractivity contribution in [3.63, 3.8) is 0 Å². The molecule has 0 radical (unpaired) electrons. The van der Waals surface area contributed by atoms with Crippen LogP contribution in [0.3, 0.4) is 0 Å². The van der Waals surface area contributed by atoms with Gasteiger partial charge in [0.25, 0.3) is 0 Å². The Morgan fingerprint density at radius 1 is 1.23 bits per heavy atom. The normalized spacial score (nSPS) is 11.0. The molecule has 0 saturated carbocycles. The maximum Gasteiger partial charge on any atom is 0.0683 e. The number of unbranched alkanes of at least 4 members (excludes halogenated alkanes) is 1. The van der Waals surface area contributed by atoms with Crippen LogP contribution in [0.1, 0.15) is 30.9 Å². The summed E-state index contributed by atoms with van der Waals surface area (Å²) in [5.41, 5.74) is 3.65. The Kier molecular flexibility index (Phi) is 3.69. The first-order chi connectivity index (χ1) is 6.25. The molecule has 0 aliphatic rings. The standard InChI is InChI=1S/C12H17N/c1-4-5-9-13-12-10(2)7-6-8-11(12)3/h6-9H,4-5H2,1-3H3/b13-9-. The number of benzene rings is 1. The molecule has 0 atom stereocenters. The van der Waals surface area contributed by atoms with Crippen LogP contribution in [0, 0.1) is 13.8 Å². The summed E-state index contributed by atoms with van der Waals surface area (Å²) in [6, 6.07) is 6.28. The van der Waals surface area contributed by atoms with Crippen molar-refractivity contribution >= 4 is 11.9 Å². The molecule has 0 saturated heterocycles. The topological polar surface area (TPSA) is 12.4 Å². The molecule has 0 amide bonds. The molecule has 0 bridgehead atoms. The van der Waals surface area contributed by atoms with E-state index in [1.165, 1.54) is 11.1 Å². The van der Waals surface area contributed by atoms with E-state index in [4.69, 9.17) is 0 Å². The lowest BCUT2D eigenvalue weighted by atomic mass is 10.1. The van der Waals surface area contributed by atoms with Gasteiger partial charge in [-0.2, -0.15) is 0 Å². The number of hydrogen-bond acceptors (Lipinski definition) is 1. The smallest absolute Gasteiger partial charge is 0.0683 e. The van der Waals surface area contributed by atoms with Crippen molar-refractivity contribution in [2.24, 2.45) is 4.99 Å². The van der Waals surface area contributed by atoms with Gasteiger partial charge in [-0.3, -0.25) is 4.99 Å². The molecule has 0 spiro atoms. The molecule has 0 heterocycles. The first-order valence-corrected chi connectivity index (χ1v) is 4.84. The molecular weight excluding hydrogens is 158 g/mol. The SMILES string of the molecule is CCC/C=N\c1c(C)cccc1C. The van der Waals surface area contributed by atoms with Crippen LogP contribution in [0.25, 0.3) is 0 Å². The van der Waals surface area contributed by atoms with E-state index in [1.54, 1.807) is 0 Å². The van der Waals surface area contributed by atoms with Crippen molar-refractivity contribution in [1.29, 1.82) is 0 Å². The number of aryl methyl sites for hydroxylation is 2. The second-order valence-corrected chi connectivity index (χ2v) is 3.34. The zero-order valence-electron chi connectivity index (χ0n) is 8.67. The van der Waals surface area contributed by atoms with Crippen LogP contribution < -0.4 is 0 Å². The van der Waals surface area contributed by atoms with Crippen molar-refractivity contribution in [2.75, 3.05) is 0 Å². The van der Waals surface area contributed by atoms with E-state index in [9.17, 15) is 0 Å². The molecule has 13 heavy (non-hydrogen) atoms. The van der Waals surface area contributed by atoms with Gasteiger partial charge < -0.3 is 0 Å². The monoisotopic (exact) mass is 175 g/mol. The maximum absolute atomic E-state index is 4.47. The minimum Gasteiger partial charge on any atom is -0.261 e. The van der Waals surface area contributed by atoms with Crippen LogP contribution >= 0.6 is 0 Å². The van der Waals surface area contributed by atoms with Crippen molar-refractivity contribution in [3.8, 4) is 0 Å². The average Bonchev–Trinajstić information content (AvgIpc) is 2.10. The Balaban J connectivity index is 2.87. The van der Waals surface area contributed by atoms with E-state index in [1.807, 2.05) is 6.21 Å². The van der Waals surface area contributed by atoms with Crippen LogP contribution in [0.2, 0.25) is 0 Å². The summed E-state index contributed by atoms with van der Waals surface area (Å²) in [4.78, 5) is 4.47. The highest BCUT2D eigenvalue weighted by Crippen LogP contribution is 2.22. The van der Waals surface area contributed by atoms with E-state index in [-0.39, 0.29) is 0 Å². The molecule has 0 aromatic heterocycles. The van der Waals surface area contributed by atoms with Gasteiger partial charge in [0, 0.05) is 6.21 Å². The Bertz CT molecular complexity index is 280. The van der Waals surface area contributed by atoms with Crippen LogP contribution in [-0.2, 0) is 0 Å². The second kappa shape index (κ2) is 4.80. The molecule has 0 unspecified atom stereocenters. The van der Waals surface area contributed by atoms with Crippen molar-refractivity contribution < 1.29 is 0 Å². The van der Waals surface area contributed by atoms with Gasteiger partial charge >= 0.3 is 0 Å². The fourth-order valence-corrected chi connectivity index (χ4v) is 1.29. The molecule has 1 aromatic rings. The Labute approximate surface area is 80.5 Å². The molecule has 0 fully saturated rings. The van der Waals surface area contributed by atoms with E-state index in [0.717, 1.165) is 18.5 Å². The van der Waals surface area contributed by atoms with E-state index in [0.29, 0.717) is 0 Å². The predicted octanol–water partition coefficient (Wildman–Crippen LogP) is 3.81. The number of aliphatic imine (C=N–C) groups is 1. The Hall–Kier alpha value is -1.11. The van der Waals surface area contributed by atoms with Crippen molar-refractivity contribution in [3.05, 3.63) is 29.3 Å². The average molecular weight is 175 g/mol. The highest BCUT2D eigenvalue weighted by atomic mass is 14.7. The fraction of sp³-hybridized carbons (Fsp3) is 0.417. The maximum atomic E-state index is 4.47. The van der Waals surface area contributed by atoms with Gasteiger partial charge in [0.15, 0.2) is 0 Å². The van der Waals surface area contributed by atoms with Crippen LogP contribution in [0.5, 0.6) is 0 Å². The number of nitrogens with zero attached hydrogens (tertiary/aromatic N) is 1. The van der Waals surface area contributed by atoms with Crippen LogP contribution in [0.4, 0.5) is 5.69 Å². The molecular formula is C12H17N. The molecule has 1 nitrogen and oxygen atoms in total. The summed E-state index contributed by atoms with van der Waals surface area (Å²) < 4.78 is 0. The van der Waals surface area contributed by atoms with Crippen molar-refractivity contribution in [2.45, 2.75) is 33.6 Å². The first-order valence-electron chi connectivity index (χ1n) is 4.84. The first kappa shape index (κ1) is 9.97. The highest BCUT2D eigenvalue weighted by Gasteiger charge is 1.97. The molecule has 1 heteroatoms. The summed E-state index contributed by atoms with van der Waals surface area (Å²) in [5, 5.41) is 0. The van der Waals surface area contributed by atoms with Gasteiger partial charge in [0.2, 0.25) is 0 Å². The minimum absolute atomic E-state index is 1.06. The van der Waals surface area contributed by atoms with Gasteiger partial charge in [0.05, 0.1) is 5.69 Å². The van der Waals surface area contributed by atoms with E-state index in [2.05, 4.69) is 44.0 Å². The zero-order chi connectivity index (χ0) is 9.68. The lowest BCUT2D eigenvalue weighted by Gasteiger charge is -2.02. The third-order valence-electron chi connectivity index (χ3n) is 2.08. The summed E-state index contributed by atoms with van der Waals surface area (Å²) >= 11 is 0. The quantitative estimate of drug-likeness (QED) is 0.619. The van der Waals surface area contributed by atoms with Crippen molar-refractivity contribution in [1.82, 2.24) is 0 Å². The van der Waals surface area contributed by atoms with Gasteiger partial charge in [-0.15, -0.1) is 0 Å². The largest absolute Gasteiger partial charge is 0.261 e. The molecule has 1 rings (SSSR count). The van der Waals surface area contributed by atoms with Crippen LogP contribution in [0.15, 0.2) is 23.2 Å².